The van der Waals surface area contributed by atoms with Crippen LogP contribution < -0.4 is 5.43 Å². The predicted molar refractivity (Wildman–Crippen MR) is 141 cm³/mol. The van der Waals surface area contributed by atoms with Crippen LogP contribution in [0.3, 0.4) is 0 Å². The quantitative estimate of drug-likeness (QED) is 0.461. The van der Waals surface area contributed by atoms with Crippen LogP contribution in [0.25, 0.3) is 12.2 Å². The van der Waals surface area contributed by atoms with Crippen molar-refractivity contribution in [2.24, 2.45) is 0 Å². The number of carboxylic acids is 1. The van der Waals surface area contributed by atoms with Crippen molar-refractivity contribution >= 4 is 18.1 Å². The lowest BCUT2D eigenvalue weighted by atomic mass is 9.62. The number of nitrogens with zero attached hydrogens (tertiary/aromatic N) is 1. The fourth-order valence-corrected chi connectivity index (χ4v) is 5.13. The molecule has 0 spiro atoms. The van der Waals surface area contributed by atoms with Gasteiger partial charge < -0.3 is 10.1 Å². The summed E-state index contributed by atoms with van der Waals surface area (Å²) in [5.41, 5.74) is 10.7. The average molecular weight is 459 g/mol. The summed E-state index contributed by atoms with van der Waals surface area (Å²) >= 11 is 0. The molecule has 2 aromatic carbocycles. The van der Waals surface area contributed by atoms with Crippen molar-refractivity contribution in [2.45, 2.75) is 77.2 Å². The highest BCUT2D eigenvalue weighted by molar-refractivity contribution is 5.88. The second kappa shape index (κ2) is 9.42. The Labute approximate surface area is 204 Å². The summed E-state index contributed by atoms with van der Waals surface area (Å²) in [6.45, 7) is 12.6. The van der Waals surface area contributed by atoms with E-state index in [0.717, 1.165) is 24.9 Å². The van der Waals surface area contributed by atoms with Crippen molar-refractivity contribution in [2.75, 3.05) is 6.54 Å². The molecule has 0 aromatic heterocycles. The van der Waals surface area contributed by atoms with Gasteiger partial charge in [-0.2, -0.15) is 0 Å². The highest BCUT2D eigenvalue weighted by Gasteiger charge is 2.37. The molecule has 2 aromatic rings. The van der Waals surface area contributed by atoms with Crippen molar-refractivity contribution < 1.29 is 9.90 Å². The fraction of sp³-hybridized carbons (Fsp3) is 0.433. The second-order valence-corrected chi connectivity index (χ2v) is 11.2. The molecule has 4 heteroatoms. The van der Waals surface area contributed by atoms with Gasteiger partial charge in [0.25, 0.3) is 0 Å². The van der Waals surface area contributed by atoms with E-state index in [1.165, 1.54) is 35.1 Å². The molecule has 180 valence electrons. The van der Waals surface area contributed by atoms with E-state index in [1.54, 1.807) is 12.1 Å². The molecule has 0 fully saturated rings. The molecule has 0 saturated heterocycles. The molecule has 34 heavy (non-hydrogen) atoms. The highest BCUT2D eigenvalue weighted by atomic mass is 16.4. The van der Waals surface area contributed by atoms with E-state index in [9.17, 15) is 4.79 Å². The summed E-state index contributed by atoms with van der Waals surface area (Å²) in [6.07, 6.45) is 13.1. The maximum Gasteiger partial charge on any atom is 0.335 e. The van der Waals surface area contributed by atoms with Gasteiger partial charge in [-0.05, 0) is 89.5 Å². The maximum atomic E-state index is 11.2. The van der Waals surface area contributed by atoms with Crippen LogP contribution in [0.1, 0.15) is 92.1 Å². The van der Waals surface area contributed by atoms with E-state index in [-0.39, 0.29) is 10.8 Å². The molecule has 0 saturated carbocycles. The number of aromatic carboxylic acids is 1. The number of benzene rings is 2. The van der Waals surface area contributed by atoms with Crippen LogP contribution in [0.5, 0.6) is 0 Å². The van der Waals surface area contributed by atoms with Crippen molar-refractivity contribution in [1.29, 1.82) is 0 Å². The summed E-state index contributed by atoms with van der Waals surface area (Å²) in [7, 11) is 0. The zero-order valence-electron chi connectivity index (χ0n) is 21.2. The minimum absolute atomic E-state index is 0.162. The number of aryl methyl sites for hydroxylation is 1. The zero-order chi connectivity index (χ0) is 24.5. The number of carbonyl (C=O) groups is 1. The Morgan fingerprint density at radius 3 is 2.29 bits per heavy atom. The first kappa shape index (κ1) is 24.3. The molecule has 4 nitrogen and oxygen atoms in total. The van der Waals surface area contributed by atoms with Gasteiger partial charge in [-0.25, -0.2) is 10.2 Å². The average Bonchev–Trinajstić information content (AvgIpc) is 3.21. The van der Waals surface area contributed by atoms with E-state index in [1.807, 2.05) is 12.1 Å². The number of rotatable bonds is 7. The summed E-state index contributed by atoms with van der Waals surface area (Å²) in [6, 6.07) is 12.4. The Morgan fingerprint density at radius 2 is 1.71 bits per heavy atom. The van der Waals surface area contributed by atoms with Gasteiger partial charge in [0.1, 0.15) is 0 Å². The Hall–Kier alpha value is -2.85. The van der Waals surface area contributed by atoms with Gasteiger partial charge in [0.05, 0.1) is 5.56 Å². The maximum absolute atomic E-state index is 11.2. The van der Waals surface area contributed by atoms with Crippen molar-refractivity contribution in [3.05, 3.63) is 82.1 Å². The molecule has 1 aliphatic carbocycles. The second-order valence-electron chi connectivity index (χ2n) is 11.2. The van der Waals surface area contributed by atoms with E-state index in [4.69, 9.17) is 5.11 Å². The van der Waals surface area contributed by atoms with Gasteiger partial charge in [-0.15, -0.1) is 0 Å². The summed E-state index contributed by atoms with van der Waals surface area (Å²) in [4.78, 5) is 11.2. The van der Waals surface area contributed by atoms with Crippen LogP contribution in [-0.2, 0) is 17.3 Å². The third-order valence-electron chi connectivity index (χ3n) is 7.49. The molecule has 0 radical (unpaired) electrons. The SMILES string of the molecule is CC1C=CN(CCCc2cc3c(cc2/C=C/c2ccc(C(=O)O)cc2)C(C)(C)CCC3(C)C)N1. The molecular weight excluding hydrogens is 420 g/mol. The van der Waals surface area contributed by atoms with Gasteiger partial charge in [-0.3, -0.25) is 0 Å². The molecule has 0 amide bonds. The summed E-state index contributed by atoms with van der Waals surface area (Å²) < 4.78 is 0. The smallest absolute Gasteiger partial charge is 0.335 e. The van der Waals surface area contributed by atoms with Crippen LogP contribution in [0.15, 0.2) is 48.7 Å². The number of hydrogen-bond acceptors (Lipinski definition) is 3. The minimum Gasteiger partial charge on any atom is -0.478 e. The van der Waals surface area contributed by atoms with E-state index >= 15 is 0 Å². The van der Waals surface area contributed by atoms with Crippen LogP contribution in [0.2, 0.25) is 0 Å². The molecule has 1 atom stereocenters. The molecule has 2 N–H and O–H groups in total. The number of carboxylic acid groups (broad SMARTS) is 1. The van der Waals surface area contributed by atoms with Crippen molar-refractivity contribution in [1.82, 2.24) is 10.4 Å². The Balaban J connectivity index is 1.64. The summed E-state index contributed by atoms with van der Waals surface area (Å²) in [5.74, 6) is -0.894. The number of fused-ring (bicyclic) bond motifs is 1. The largest absolute Gasteiger partial charge is 0.478 e. The Kier molecular flexibility index (Phi) is 6.73. The lowest BCUT2D eigenvalue weighted by molar-refractivity contribution is 0.0697. The van der Waals surface area contributed by atoms with E-state index in [2.05, 4.69) is 81.6 Å². The lowest BCUT2D eigenvalue weighted by Crippen LogP contribution is -2.35. The van der Waals surface area contributed by atoms with Gasteiger partial charge in [0, 0.05) is 18.8 Å². The molecule has 1 aliphatic heterocycles. The zero-order valence-corrected chi connectivity index (χ0v) is 21.2. The number of nitrogens with one attached hydrogen (secondary N) is 1. The third kappa shape index (κ3) is 5.28. The monoisotopic (exact) mass is 458 g/mol. The first-order valence-corrected chi connectivity index (χ1v) is 12.5. The Morgan fingerprint density at radius 1 is 1.06 bits per heavy atom. The molecule has 4 rings (SSSR count). The van der Waals surface area contributed by atoms with Crippen LogP contribution >= 0.6 is 0 Å². The molecule has 0 bridgehead atoms. The molecular formula is C30H38N2O2. The van der Waals surface area contributed by atoms with Crippen molar-refractivity contribution in [3.8, 4) is 0 Å². The predicted octanol–water partition coefficient (Wildman–Crippen LogP) is 6.56. The normalized spacial score (nSPS) is 20.6. The number of hydrogen-bond donors (Lipinski definition) is 2. The molecule has 1 unspecified atom stereocenters. The minimum atomic E-state index is -0.894. The molecule has 2 aliphatic rings. The summed E-state index contributed by atoms with van der Waals surface area (Å²) in [5, 5.41) is 11.4. The topological polar surface area (TPSA) is 52.6 Å². The van der Waals surface area contributed by atoms with Gasteiger partial charge >= 0.3 is 5.97 Å². The van der Waals surface area contributed by atoms with E-state index < -0.39 is 5.97 Å². The van der Waals surface area contributed by atoms with Gasteiger partial charge in [-0.1, -0.05) is 64.1 Å². The van der Waals surface area contributed by atoms with Crippen molar-refractivity contribution in [3.63, 3.8) is 0 Å². The van der Waals surface area contributed by atoms with Gasteiger partial charge in [0.2, 0.25) is 0 Å². The third-order valence-corrected chi connectivity index (χ3v) is 7.49. The molecule has 1 heterocycles. The van der Waals surface area contributed by atoms with Crippen LogP contribution in [0, 0.1) is 0 Å². The van der Waals surface area contributed by atoms with Gasteiger partial charge in [0.15, 0.2) is 0 Å². The first-order chi connectivity index (χ1) is 16.0. The first-order valence-electron chi connectivity index (χ1n) is 12.5. The number of hydrazine groups is 1. The van der Waals surface area contributed by atoms with Crippen LogP contribution in [-0.4, -0.2) is 28.7 Å². The highest BCUT2D eigenvalue weighted by Crippen LogP contribution is 2.46. The fourth-order valence-electron chi connectivity index (χ4n) is 5.13. The Bertz CT molecular complexity index is 1110. The lowest BCUT2D eigenvalue weighted by Gasteiger charge is -2.42. The standard InChI is InChI=1S/C30H38N2O2/c1-21-14-18-32(31-21)17-6-7-24-19-26-27(30(4,5)16-15-29(26,2)3)20-25(24)13-10-22-8-11-23(12-9-22)28(33)34/h8-14,18-21,31H,6-7,15-17H2,1-5H3,(H,33,34)/b13-10+. The van der Waals surface area contributed by atoms with E-state index in [0.29, 0.717) is 11.6 Å². The van der Waals surface area contributed by atoms with Crippen LogP contribution in [0.4, 0.5) is 0 Å².